The Balaban J connectivity index is 2.96. The fourth-order valence-electron chi connectivity index (χ4n) is 1.27. The molecule has 98 valence electrons. The van der Waals surface area contributed by atoms with Gasteiger partial charge in [-0.25, -0.2) is 4.79 Å². The lowest BCUT2D eigenvalue weighted by atomic mass is 10.2. The van der Waals surface area contributed by atoms with Crippen LogP contribution in [-0.4, -0.2) is 36.4 Å². The predicted octanol–water partition coefficient (Wildman–Crippen LogP) is 1.18. The predicted molar refractivity (Wildman–Crippen MR) is 64.7 cm³/mol. The maximum absolute atomic E-state index is 11.0. The van der Waals surface area contributed by atoms with Crippen LogP contribution in [0.4, 0.5) is 21.9 Å². The number of amides is 1. The van der Waals surface area contributed by atoms with E-state index in [0.717, 1.165) is 0 Å². The van der Waals surface area contributed by atoms with E-state index in [1.54, 1.807) is 0 Å². The van der Waals surface area contributed by atoms with Crippen molar-refractivity contribution in [2.24, 2.45) is 0 Å². The van der Waals surface area contributed by atoms with Gasteiger partial charge in [-0.1, -0.05) is 0 Å². The molecule has 0 unspecified atom stereocenters. The number of aliphatic hydroxyl groups is 1. The normalized spacial score (nSPS) is 9.67. The summed E-state index contributed by atoms with van der Waals surface area (Å²) in [7, 11) is 1.21. The maximum atomic E-state index is 11.0. The van der Waals surface area contributed by atoms with Crippen LogP contribution in [0, 0.1) is 10.1 Å². The first-order valence-corrected chi connectivity index (χ1v) is 5.06. The molecule has 0 aliphatic heterocycles. The fourth-order valence-corrected chi connectivity index (χ4v) is 1.27. The SMILES string of the molecule is COC(=O)Nc1ccc([N+](=O)[O-])c(NCCO)c1. The third kappa shape index (κ3) is 3.59. The van der Waals surface area contributed by atoms with Gasteiger partial charge < -0.3 is 15.2 Å². The van der Waals surface area contributed by atoms with E-state index < -0.39 is 11.0 Å². The first-order valence-electron chi connectivity index (χ1n) is 5.06. The van der Waals surface area contributed by atoms with Crippen LogP contribution in [0.1, 0.15) is 0 Å². The van der Waals surface area contributed by atoms with E-state index in [4.69, 9.17) is 5.11 Å². The van der Waals surface area contributed by atoms with Crippen LogP contribution in [0.3, 0.4) is 0 Å². The Bertz CT molecular complexity index is 449. The van der Waals surface area contributed by atoms with Gasteiger partial charge in [-0.05, 0) is 12.1 Å². The van der Waals surface area contributed by atoms with Gasteiger partial charge in [-0.15, -0.1) is 0 Å². The topological polar surface area (TPSA) is 114 Å². The van der Waals surface area contributed by atoms with Crippen molar-refractivity contribution in [3.63, 3.8) is 0 Å². The van der Waals surface area contributed by atoms with E-state index in [0.29, 0.717) is 5.69 Å². The highest BCUT2D eigenvalue weighted by atomic mass is 16.6. The fraction of sp³-hybridized carbons (Fsp3) is 0.300. The smallest absolute Gasteiger partial charge is 0.411 e. The molecule has 0 bridgehead atoms. The second-order valence-electron chi connectivity index (χ2n) is 3.26. The van der Waals surface area contributed by atoms with Crippen LogP contribution in [0.15, 0.2) is 18.2 Å². The summed E-state index contributed by atoms with van der Waals surface area (Å²) in [5.41, 5.74) is 0.426. The van der Waals surface area contributed by atoms with E-state index >= 15 is 0 Å². The molecule has 1 rings (SSSR count). The zero-order valence-corrected chi connectivity index (χ0v) is 9.67. The number of nitro groups is 1. The molecule has 1 aromatic carbocycles. The van der Waals surface area contributed by atoms with Crippen molar-refractivity contribution in [2.45, 2.75) is 0 Å². The van der Waals surface area contributed by atoms with Gasteiger partial charge in [-0.3, -0.25) is 15.4 Å². The summed E-state index contributed by atoms with van der Waals surface area (Å²) < 4.78 is 4.41. The van der Waals surface area contributed by atoms with Crippen molar-refractivity contribution in [1.29, 1.82) is 0 Å². The largest absolute Gasteiger partial charge is 0.453 e. The lowest BCUT2D eigenvalue weighted by Gasteiger charge is -2.08. The number of methoxy groups -OCH3 is 1. The van der Waals surface area contributed by atoms with E-state index in [1.807, 2.05) is 0 Å². The average molecular weight is 255 g/mol. The summed E-state index contributed by atoms with van der Waals surface area (Å²) in [6, 6.07) is 4.04. The van der Waals surface area contributed by atoms with Gasteiger partial charge in [0.05, 0.1) is 18.6 Å². The summed E-state index contributed by atoms with van der Waals surface area (Å²) in [6.07, 6.45) is -0.669. The lowest BCUT2D eigenvalue weighted by molar-refractivity contribution is -0.383. The first-order chi connectivity index (χ1) is 8.58. The van der Waals surface area contributed by atoms with E-state index in [9.17, 15) is 14.9 Å². The Labute approximate surface area is 103 Å². The summed E-state index contributed by atoms with van der Waals surface area (Å²) in [5.74, 6) is 0. The van der Waals surface area contributed by atoms with Crippen LogP contribution in [0.5, 0.6) is 0 Å². The second-order valence-corrected chi connectivity index (χ2v) is 3.26. The Morgan fingerprint density at radius 1 is 1.56 bits per heavy atom. The highest BCUT2D eigenvalue weighted by Gasteiger charge is 2.14. The van der Waals surface area contributed by atoms with Crippen LogP contribution >= 0.6 is 0 Å². The number of anilines is 2. The number of benzene rings is 1. The summed E-state index contributed by atoms with van der Waals surface area (Å²) >= 11 is 0. The molecule has 0 aliphatic rings. The minimum absolute atomic E-state index is 0.140. The number of aliphatic hydroxyl groups excluding tert-OH is 1. The van der Waals surface area contributed by atoms with Crippen molar-refractivity contribution in [3.8, 4) is 0 Å². The van der Waals surface area contributed by atoms with Crippen molar-refractivity contribution in [2.75, 3.05) is 30.9 Å². The number of nitrogens with zero attached hydrogens (tertiary/aromatic N) is 1. The van der Waals surface area contributed by atoms with Crippen molar-refractivity contribution >= 4 is 23.2 Å². The van der Waals surface area contributed by atoms with Gasteiger partial charge in [0.25, 0.3) is 5.69 Å². The summed E-state index contributed by atoms with van der Waals surface area (Å²) in [4.78, 5) is 21.2. The Hall–Kier alpha value is -2.35. The zero-order chi connectivity index (χ0) is 13.5. The van der Waals surface area contributed by atoms with Gasteiger partial charge in [0, 0.05) is 18.3 Å². The van der Waals surface area contributed by atoms with Crippen LogP contribution in [0.2, 0.25) is 0 Å². The molecular formula is C10H13N3O5. The third-order valence-corrected chi connectivity index (χ3v) is 2.05. The molecule has 0 aliphatic carbocycles. The van der Waals surface area contributed by atoms with Gasteiger partial charge >= 0.3 is 6.09 Å². The Kier molecular flexibility index (Phi) is 4.88. The number of carbonyl (C=O) groups excluding carboxylic acids is 1. The van der Waals surface area contributed by atoms with Gasteiger partial charge in [-0.2, -0.15) is 0 Å². The van der Waals surface area contributed by atoms with Crippen LogP contribution in [0.25, 0.3) is 0 Å². The van der Waals surface area contributed by atoms with Gasteiger partial charge in [0.1, 0.15) is 5.69 Å². The average Bonchev–Trinajstić information content (AvgIpc) is 2.36. The molecule has 0 aromatic heterocycles. The zero-order valence-electron chi connectivity index (χ0n) is 9.67. The molecule has 8 heteroatoms. The molecule has 0 atom stereocenters. The Morgan fingerprint density at radius 3 is 2.83 bits per heavy atom. The molecule has 0 saturated carbocycles. The Morgan fingerprint density at radius 2 is 2.28 bits per heavy atom. The molecule has 0 heterocycles. The lowest BCUT2D eigenvalue weighted by Crippen LogP contribution is -2.12. The number of hydrogen-bond donors (Lipinski definition) is 3. The van der Waals surface area contributed by atoms with Gasteiger partial charge in [0.2, 0.25) is 0 Å². The van der Waals surface area contributed by atoms with E-state index in [-0.39, 0.29) is 24.5 Å². The molecule has 0 fully saturated rings. The minimum atomic E-state index is -0.669. The number of nitro benzene ring substituents is 1. The molecule has 3 N–H and O–H groups in total. The van der Waals surface area contributed by atoms with Crippen molar-refractivity contribution < 1.29 is 19.6 Å². The molecule has 0 saturated heterocycles. The van der Waals surface area contributed by atoms with Crippen LogP contribution < -0.4 is 10.6 Å². The minimum Gasteiger partial charge on any atom is -0.453 e. The highest BCUT2D eigenvalue weighted by molar-refractivity contribution is 5.86. The molecule has 1 amide bonds. The molecule has 1 aromatic rings. The number of carbonyl (C=O) groups is 1. The van der Waals surface area contributed by atoms with E-state index in [2.05, 4.69) is 15.4 Å². The van der Waals surface area contributed by atoms with Gasteiger partial charge in [0.15, 0.2) is 0 Å². The number of rotatable bonds is 5. The van der Waals surface area contributed by atoms with E-state index in [1.165, 1.54) is 25.3 Å². The second kappa shape index (κ2) is 6.40. The van der Waals surface area contributed by atoms with Crippen molar-refractivity contribution in [1.82, 2.24) is 0 Å². The maximum Gasteiger partial charge on any atom is 0.411 e. The molecule has 0 spiro atoms. The third-order valence-electron chi connectivity index (χ3n) is 2.05. The van der Waals surface area contributed by atoms with Crippen LogP contribution in [-0.2, 0) is 4.74 Å². The molecular weight excluding hydrogens is 242 g/mol. The summed E-state index contributed by atoms with van der Waals surface area (Å²) in [5, 5.41) is 24.5. The highest BCUT2D eigenvalue weighted by Crippen LogP contribution is 2.27. The summed E-state index contributed by atoms with van der Waals surface area (Å²) in [6.45, 7) is 0.00826. The number of nitrogens with one attached hydrogen (secondary N) is 2. The van der Waals surface area contributed by atoms with Crippen molar-refractivity contribution in [3.05, 3.63) is 28.3 Å². The monoisotopic (exact) mass is 255 g/mol. The molecule has 8 nitrogen and oxygen atoms in total. The number of hydrogen-bond acceptors (Lipinski definition) is 6. The number of ether oxygens (including phenoxy) is 1. The molecule has 18 heavy (non-hydrogen) atoms. The molecule has 0 radical (unpaired) electrons. The first kappa shape index (κ1) is 13.7. The standard InChI is InChI=1S/C10H13N3O5/c1-18-10(15)12-7-2-3-9(13(16)17)8(6-7)11-4-5-14/h2-3,6,11,14H,4-5H2,1H3,(H,12,15). The quantitative estimate of drug-likeness (QED) is 0.537.